The largest absolute Gasteiger partial charge is 0.464 e. The molecule has 2 nitrogen and oxygen atoms in total. The van der Waals surface area contributed by atoms with Crippen LogP contribution >= 0.6 is 0 Å². The van der Waals surface area contributed by atoms with E-state index in [1.54, 1.807) is 6.26 Å². The zero-order chi connectivity index (χ0) is 10.1. The van der Waals surface area contributed by atoms with Gasteiger partial charge in [0.1, 0.15) is 5.58 Å². The third-order valence-corrected chi connectivity index (χ3v) is 3.29. The number of nitrogens with one attached hydrogen (secondary N) is 1. The van der Waals surface area contributed by atoms with E-state index < -0.39 is 0 Å². The van der Waals surface area contributed by atoms with Crippen molar-refractivity contribution < 1.29 is 4.42 Å². The average molecular weight is 201 g/mol. The van der Waals surface area contributed by atoms with Crippen molar-refractivity contribution in [1.82, 2.24) is 5.32 Å². The van der Waals surface area contributed by atoms with Crippen LogP contribution in [-0.2, 0) is 0 Å². The maximum absolute atomic E-state index is 5.58. The van der Waals surface area contributed by atoms with E-state index in [-0.39, 0.29) is 0 Å². The number of para-hydroxylation sites is 1. The standard InChI is InChI=1S/C13H15NO/c1-2-11-6-9-15-13(11)12(3-1)10-4-7-14-8-5-10/h1-3,6,9-10,14H,4-5,7-8H2. The second-order valence-electron chi connectivity index (χ2n) is 4.21. The molecular formula is C13H15NO. The Balaban J connectivity index is 2.05. The molecule has 0 saturated carbocycles. The number of piperidine rings is 1. The van der Waals surface area contributed by atoms with Crippen molar-refractivity contribution >= 4 is 11.0 Å². The first kappa shape index (κ1) is 8.98. The Morgan fingerprint density at radius 1 is 1.13 bits per heavy atom. The van der Waals surface area contributed by atoms with E-state index in [9.17, 15) is 0 Å². The summed E-state index contributed by atoms with van der Waals surface area (Å²) in [5.41, 5.74) is 2.48. The molecule has 78 valence electrons. The van der Waals surface area contributed by atoms with Gasteiger partial charge in [-0.25, -0.2) is 0 Å². The van der Waals surface area contributed by atoms with E-state index in [0.29, 0.717) is 5.92 Å². The van der Waals surface area contributed by atoms with Gasteiger partial charge in [0.2, 0.25) is 0 Å². The molecule has 0 amide bonds. The van der Waals surface area contributed by atoms with Gasteiger partial charge in [-0.2, -0.15) is 0 Å². The van der Waals surface area contributed by atoms with Crippen LogP contribution in [0.15, 0.2) is 34.9 Å². The predicted octanol–water partition coefficient (Wildman–Crippen LogP) is 2.90. The van der Waals surface area contributed by atoms with Crippen molar-refractivity contribution in [3.63, 3.8) is 0 Å². The molecular weight excluding hydrogens is 186 g/mol. The highest BCUT2D eigenvalue weighted by molar-refractivity contribution is 5.80. The van der Waals surface area contributed by atoms with Crippen LogP contribution in [0.5, 0.6) is 0 Å². The summed E-state index contributed by atoms with van der Waals surface area (Å²) in [6.45, 7) is 2.25. The zero-order valence-corrected chi connectivity index (χ0v) is 8.70. The summed E-state index contributed by atoms with van der Waals surface area (Å²) in [5, 5.41) is 4.62. The van der Waals surface area contributed by atoms with E-state index in [2.05, 4.69) is 23.5 Å². The van der Waals surface area contributed by atoms with Crippen LogP contribution in [0.25, 0.3) is 11.0 Å². The number of fused-ring (bicyclic) bond motifs is 1. The molecule has 1 N–H and O–H groups in total. The Hall–Kier alpha value is -1.28. The summed E-state index contributed by atoms with van der Waals surface area (Å²) >= 11 is 0. The molecule has 0 aliphatic carbocycles. The molecule has 1 aliphatic rings. The lowest BCUT2D eigenvalue weighted by atomic mass is 9.89. The van der Waals surface area contributed by atoms with Gasteiger partial charge >= 0.3 is 0 Å². The first-order chi connectivity index (χ1) is 7.45. The third-order valence-electron chi connectivity index (χ3n) is 3.29. The van der Waals surface area contributed by atoms with Gasteiger partial charge in [-0.15, -0.1) is 0 Å². The molecule has 1 aromatic heterocycles. The summed E-state index contributed by atoms with van der Waals surface area (Å²) in [6.07, 6.45) is 4.23. The molecule has 15 heavy (non-hydrogen) atoms. The van der Waals surface area contributed by atoms with Crippen LogP contribution in [0, 0.1) is 0 Å². The van der Waals surface area contributed by atoms with Crippen molar-refractivity contribution in [1.29, 1.82) is 0 Å². The molecule has 0 bridgehead atoms. The maximum atomic E-state index is 5.58. The van der Waals surface area contributed by atoms with Crippen molar-refractivity contribution in [3.05, 3.63) is 36.1 Å². The van der Waals surface area contributed by atoms with Crippen LogP contribution in [0.2, 0.25) is 0 Å². The fourth-order valence-corrected chi connectivity index (χ4v) is 2.47. The van der Waals surface area contributed by atoms with Gasteiger partial charge in [0.15, 0.2) is 0 Å². The molecule has 2 heterocycles. The predicted molar refractivity (Wildman–Crippen MR) is 61.1 cm³/mol. The Labute approximate surface area is 89.3 Å². The number of benzene rings is 1. The van der Waals surface area contributed by atoms with Gasteiger partial charge in [-0.05, 0) is 43.5 Å². The van der Waals surface area contributed by atoms with Crippen LogP contribution in [0.1, 0.15) is 24.3 Å². The molecule has 1 aliphatic heterocycles. The minimum Gasteiger partial charge on any atom is -0.464 e. The van der Waals surface area contributed by atoms with E-state index in [0.717, 1.165) is 18.7 Å². The summed E-state index contributed by atoms with van der Waals surface area (Å²) in [6, 6.07) is 8.50. The highest BCUT2D eigenvalue weighted by Crippen LogP contribution is 2.31. The highest BCUT2D eigenvalue weighted by Gasteiger charge is 2.18. The van der Waals surface area contributed by atoms with E-state index in [1.165, 1.54) is 23.8 Å². The molecule has 0 radical (unpaired) electrons. The Kier molecular flexibility index (Phi) is 2.22. The molecule has 0 unspecified atom stereocenters. The van der Waals surface area contributed by atoms with Gasteiger partial charge in [0.25, 0.3) is 0 Å². The Morgan fingerprint density at radius 2 is 2.00 bits per heavy atom. The van der Waals surface area contributed by atoms with E-state index in [1.807, 2.05) is 6.07 Å². The number of hydrogen-bond acceptors (Lipinski definition) is 2. The quantitative estimate of drug-likeness (QED) is 0.767. The van der Waals surface area contributed by atoms with E-state index >= 15 is 0 Å². The Bertz CT molecular complexity index is 454. The molecule has 1 saturated heterocycles. The van der Waals surface area contributed by atoms with Gasteiger partial charge in [0, 0.05) is 5.39 Å². The summed E-state index contributed by atoms with van der Waals surface area (Å²) in [4.78, 5) is 0. The van der Waals surface area contributed by atoms with Crippen LogP contribution < -0.4 is 5.32 Å². The summed E-state index contributed by atoms with van der Waals surface area (Å²) in [7, 11) is 0. The van der Waals surface area contributed by atoms with Crippen molar-refractivity contribution in [2.45, 2.75) is 18.8 Å². The molecule has 1 fully saturated rings. The minimum atomic E-state index is 0.668. The summed E-state index contributed by atoms with van der Waals surface area (Å²) in [5.74, 6) is 0.668. The van der Waals surface area contributed by atoms with Gasteiger partial charge in [-0.1, -0.05) is 18.2 Å². The zero-order valence-electron chi connectivity index (χ0n) is 8.70. The fourth-order valence-electron chi connectivity index (χ4n) is 2.47. The lowest BCUT2D eigenvalue weighted by Crippen LogP contribution is -2.26. The van der Waals surface area contributed by atoms with Gasteiger partial charge < -0.3 is 9.73 Å². The number of rotatable bonds is 1. The monoisotopic (exact) mass is 201 g/mol. The fraction of sp³-hybridized carbons (Fsp3) is 0.385. The highest BCUT2D eigenvalue weighted by atomic mass is 16.3. The van der Waals surface area contributed by atoms with Gasteiger partial charge in [0.05, 0.1) is 6.26 Å². The molecule has 0 spiro atoms. The molecule has 3 rings (SSSR count). The maximum Gasteiger partial charge on any atom is 0.137 e. The summed E-state index contributed by atoms with van der Waals surface area (Å²) < 4.78 is 5.58. The van der Waals surface area contributed by atoms with Gasteiger partial charge in [-0.3, -0.25) is 0 Å². The normalized spacial score (nSPS) is 18.4. The van der Waals surface area contributed by atoms with Crippen molar-refractivity contribution in [2.24, 2.45) is 0 Å². The first-order valence-electron chi connectivity index (χ1n) is 5.62. The number of hydrogen-bond donors (Lipinski definition) is 1. The van der Waals surface area contributed by atoms with E-state index in [4.69, 9.17) is 4.42 Å². The van der Waals surface area contributed by atoms with Crippen LogP contribution in [0.4, 0.5) is 0 Å². The molecule has 0 atom stereocenters. The van der Waals surface area contributed by atoms with Crippen LogP contribution in [-0.4, -0.2) is 13.1 Å². The Morgan fingerprint density at radius 3 is 2.87 bits per heavy atom. The lowest BCUT2D eigenvalue weighted by molar-refractivity contribution is 0.457. The minimum absolute atomic E-state index is 0.668. The van der Waals surface area contributed by atoms with Crippen molar-refractivity contribution in [3.8, 4) is 0 Å². The first-order valence-corrected chi connectivity index (χ1v) is 5.62. The smallest absolute Gasteiger partial charge is 0.137 e. The average Bonchev–Trinajstić information content (AvgIpc) is 2.78. The molecule has 2 aromatic rings. The topological polar surface area (TPSA) is 25.2 Å². The SMILES string of the molecule is c1cc(C2CCNCC2)c2occc2c1. The van der Waals surface area contributed by atoms with Crippen molar-refractivity contribution in [2.75, 3.05) is 13.1 Å². The molecule has 2 heteroatoms. The third kappa shape index (κ3) is 1.55. The lowest BCUT2D eigenvalue weighted by Gasteiger charge is -2.22. The van der Waals surface area contributed by atoms with Crippen LogP contribution in [0.3, 0.4) is 0 Å². The number of furan rings is 1. The molecule has 1 aromatic carbocycles. The second kappa shape index (κ2) is 3.70. The second-order valence-corrected chi connectivity index (χ2v) is 4.21.